The van der Waals surface area contributed by atoms with Crippen LogP contribution in [0.1, 0.15) is 16.8 Å². The average Bonchev–Trinajstić information content (AvgIpc) is 3.04. The first-order valence-electron chi connectivity index (χ1n) is 7.03. The molecule has 132 valence electrons. The number of para-hydroxylation sites is 1. The van der Waals surface area contributed by atoms with Crippen molar-refractivity contribution in [2.24, 2.45) is 5.73 Å². The molecule has 7 nitrogen and oxygen atoms in total. The molecular formula is C15H21Cl2N5O2. The summed E-state index contributed by atoms with van der Waals surface area (Å²) in [5, 5.41) is 5.45. The molecule has 4 N–H and O–H groups in total. The number of halogens is 2. The van der Waals surface area contributed by atoms with Crippen molar-refractivity contribution in [1.82, 2.24) is 14.9 Å². The van der Waals surface area contributed by atoms with Crippen molar-refractivity contribution in [2.75, 3.05) is 18.4 Å². The maximum Gasteiger partial charge on any atom is 0.253 e. The van der Waals surface area contributed by atoms with Crippen LogP contribution in [0.2, 0.25) is 0 Å². The van der Waals surface area contributed by atoms with Gasteiger partial charge in [-0.15, -0.1) is 24.8 Å². The zero-order valence-corrected chi connectivity index (χ0v) is 14.6. The fourth-order valence-electron chi connectivity index (χ4n) is 1.93. The largest absolute Gasteiger partial charge is 0.351 e. The number of carbonyl (C=O) groups is 2. The number of hydrogen-bond donors (Lipinski definition) is 3. The van der Waals surface area contributed by atoms with Gasteiger partial charge >= 0.3 is 0 Å². The molecule has 1 heterocycles. The number of nitrogens with one attached hydrogen (secondary N) is 2. The molecule has 0 fully saturated rings. The van der Waals surface area contributed by atoms with Gasteiger partial charge < -0.3 is 20.9 Å². The molecule has 0 aliphatic carbocycles. The first-order chi connectivity index (χ1) is 10.7. The summed E-state index contributed by atoms with van der Waals surface area (Å²) in [4.78, 5) is 27.9. The summed E-state index contributed by atoms with van der Waals surface area (Å²) < 4.78 is 1.82. The lowest BCUT2D eigenvalue weighted by molar-refractivity contribution is -0.116. The van der Waals surface area contributed by atoms with Crippen LogP contribution in [0.15, 0.2) is 43.0 Å². The minimum atomic E-state index is -0.254. The summed E-state index contributed by atoms with van der Waals surface area (Å²) in [6, 6.07) is 6.88. The van der Waals surface area contributed by atoms with Crippen LogP contribution in [0.25, 0.3) is 0 Å². The lowest BCUT2D eigenvalue weighted by Crippen LogP contribution is -2.30. The number of amides is 2. The van der Waals surface area contributed by atoms with Gasteiger partial charge in [0, 0.05) is 38.4 Å². The van der Waals surface area contributed by atoms with Gasteiger partial charge in [-0.3, -0.25) is 9.59 Å². The molecule has 2 amide bonds. The van der Waals surface area contributed by atoms with E-state index in [0.29, 0.717) is 37.3 Å². The Hall–Kier alpha value is -2.09. The quantitative estimate of drug-likeness (QED) is 0.683. The normalized spacial score (nSPS) is 9.38. The number of imidazole rings is 1. The van der Waals surface area contributed by atoms with Crippen molar-refractivity contribution < 1.29 is 9.59 Å². The van der Waals surface area contributed by atoms with Crippen LogP contribution in [0.3, 0.4) is 0 Å². The van der Waals surface area contributed by atoms with E-state index >= 15 is 0 Å². The Balaban J connectivity index is 0.00000264. The van der Waals surface area contributed by atoms with Crippen LogP contribution < -0.4 is 16.4 Å². The molecule has 2 rings (SSSR count). The summed E-state index contributed by atoms with van der Waals surface area (Å²) >= 11 is 0. The Labute approximate surface area is 152 Å². The van der Waals surface area contributed by atoms with Crippen LogP contribution in [0.5, 0.6) is 0 Å². The van der Waals surface area contributed by atoms with Gasteiger partial charge in [0.2, 0.25) is 5.91 Å². The van der Waals surface area contributed by atoms with Gasteiger partial charge in [0.25, 0.3) is 5.91 Å². The van der Waals surface area contributed by atoms with Gasteiger partial charge in [0.05, 0.1) is 17.6 Å². The Bertz CT molecular complexity index is 635. The van der Waals surface area contributed by atoms with Crippen LogP contribution >= 0.6 is 24.8 Å². The van der Waals surface area contributed by atoms with E-state index in [-0.39, 0.29) is 36.6 Å². The molecule has 24 heavy (non-hydrogen) atoms. The average molecular weight is 374 g/mol. The number of anilines is 1. The van der Waals surface area contributed by atoms with E-state index < -0.39 is 0 Å². The number of hydrogen-bond acceptors (Lipinski definition) is 4. The molecule has 0 bridgehead atoms. The number of nitrogens with zero attached hydrogens (tertiary/aromatic N) is 2. The molecule has 0 unspecified atom stereocenters. The van der Waals surface area contributed by atoms with E-state index in [4.69, 9.17) is 5.73 Å². The van der Waals surface area contributed by atoms with Gasteiger partial charge in [0.15, 0.2) is 0 Å². The maximum atomic E-state index is 12.0. The Morgan fingerprint density at radius 2 is 1.96 bits per heavy atom. The van der Waals surface area contributed by atoms with E-state index in [1.165, 1.54) is 0 Å². The van der Waals surface area contributed by atoms with Gasteiger partial charge in [-0.2, -0.15) is 0 Å². The first kappa shape index (κ1) is 21.9. The van der Waals surface area contributed by atoms with Crippen molar-refractivity contribution in [3.8, 4) is 0 Å². The van der Waals surface area contributed by atoms with E-state index in [9.17, 15) is 9.59 Å². The second-order valence-corrected chi connectivity index (χ2v) is 4.69. The highest BCUT2D eigenvalue weighted by molar-refractivity contribution is 6.03. The predicted molar refractivity (Wildman–Crippen MR) is 97.8 cm³/mol. The molecule has 0 aliphatic heterocycles. The summed E-state index contributed by atoms with van der Waals surface area (Å²) in [6.45, 7) is 1.29. The lowest BCUT2D eigenvalue weighted by atomic mass is 10.1. The molecule has 1 aromatic heterocycles. The number of aromatic nitrogens is 2. The Morgan fingerprint density at radius 3 is 2.62 bits per heavy atom. The third kappa shape index (κ3) is 6.57. The molecule has 0 spiro atoms. The second kappa shape index (κ2) is 11.4. The summed E-state index contributed by atoms with van der Waals surface area (Å²) in [5.41, 5.74) is 6.28. The van der Waals surface area contributed by atoms with Gasteiger partial charge in [-0.1, -0.05) is 12.1 Å². The van der Waals surface area contributed by atoms with Crippen LogP contribution in [0, 0.1) is 0 Å². The maximum absolute atomic E-state index is 12.0. The van der Waals surface area contributed by atoms with Gasteiger partial charge in [0.1, 0.15) is 0 Å². The summed E-state index contributed by atoms with van der Waals surface area (Å²) in [7, 11) is 0. The third-order valence-electron chi connectivity index (χ3n) is 3.03. The van der Waals surface area contributed by atoms with Gasteiger partial charge in [-0.25, -0.2) is 4.98 Å². The molecular weight excluding hydrogens is 353 g/mol. The van der Waals surface area contributed by atoms with Crippen molar-refractivity contribution >= 4 is 42.3 Å². The highest BCUT2D eigenvalue weighted by Crippen LogP contribution is 2.15. The number of aryl methyl sites for hydroxylation is 1. The predicted octanol–water partition coefficient (Wildman–Crippen LogP) is 1.44. The monoisotopic (exact) mass is 373 g/mol. The SMILES string of the molecule is Cl.Cl.NCCNC(=O)c1ccccc1NC(=O)CCn1ccnc1. The lowest BCUT2D eigenvalue weighted by Gasteiger charge is -2.11. The molecule has 0 radical (unpaired) electrons. The molecule has 9 heteroatoms. The van der Waals surface area contributed by atoms with E-state index in [1.807, 2.05) is 4.57 Å². The number of rotatable bonds is 7. The smallest absolute Gasteiger partial charge is 0.253 e. The molecule has 0 saturated heterocycles. The fourth-order valence-corrected chi connectivity index (χ4v) is 1.93. The third-order valence-corrected chi connectivity index (χ3v) is 3.03. The summed E-state index contributed by atoms with van der Waals surface area (Å²) in [5.74, 6) is -0.413. The molecule has 0 atom stereocenters. The molecule has 1 aromatic carbocycles. The zero-order valence-electron chi connectivity index (χ0n) is 13.0. The van der Waals surface area contributed by atoms with E-state index in [0.717, 1.165) is 0 Å². The van der Waals surface area contributed by atoms with Crippen LogP contribution in [-0.4, -0.2) is 34.5 Å². The second-order valence-electron chi connectivity index (χ2n) is 4.69. The molecule has 0 saturated carbocycles. The van der Waals surface area contributed by atoms with E-state index in [2.05, 4.69) is 15.6 Å². The minimum Gasteiger partial charge on any atom is -0.351 e. The minimum absolute atomic E-state index is 0. The first-order valence-corrected chi connectivity index (χ1v) is 7.03. The molecule has 2 aromatic rings. The van der Waals surface area contributed by atoms with Crippen molar-refractivity contribution in [3.63, 3.8) is 0 Å². The molecule has 0 aliphatic rings. The Morgan fingerprint density at radius 1 is 1.21 bits per heavy atom. The zero-order chi connectivity index (χ0) is 15.8. The van der Waals surface area contributed by atoms with Crippen molar-refractivity contribution in [1.29, 1.82) is 0 Å². The number of carbonyl (C=O) groups excluding carboxylic acids is 2. The Kier molecular flexibility index (Phi) is 10.4. The van der Waals surface area contributed by atoms with Crippen molar-refractivity contribution in [3.05, 3.63) is 48.5 Å². The topological polar surface area (TPSA) is 102 Å². The van der Waals surface area contributed by atoms with Crippen LogP contribution in [-0.2, 0) is 11.3 Å². The highest BCUT2D eigenvalue weighted by atomic mass is 35.5. The van der Waals surface area contributed by atoms with Gasteiger partial charge in [-0.05, 0) is 12.1 Å². The summed E-state index contributed by atoms with van der Waals surface area (Å²) in [6.07, 6.45) is 5.41. The highest BCUT2D eigenvalue weighted by Gasteiger charge is 2.12. The standard InChI is InChI=1S/C15H19N5O2.2ClH/c16-6-7-18-15(22)12-3-1-2-4-13(12)19-14(21)5-9-20-10-8-17-11-20;;/h1-4,8,10-11H,5-7,9,16H2,(H,18,22)(H,19,21);2*1H. The van der Waals surface area contributed by atoms with E-state index in [1.54, 1.807) is 43.0 Å². The number of benzene rings is 1. The van der Waals surface area contributed by atoms with Crippen molar-refractivity contribution in [2.45, 2.75) is 13.0 Å². The number of nitrogens with two attached hydrogens (primary N) is 1. The van der Waals surface area contributed by atoms with Crippen LogP contribution in [0.4, 0.5) is 5.69 Å². The fraction of sp³-hybridized carbons (Fsp3) is 0.267.